The van der Waals surface area contributed by atoms with E-state index < -0.39 is 0 Å². The summed E-state index contributed by atoms with van der Waals surface area (Å²) < 4.78 is 0. The molecule has 2 nitrogen and oxygen atoms in total. The number of nitrogens with one attached hydrogen (secondary N) is 1. The second-order valence-corrected chi connectivity index (χ2v) is 5.96. The number of hydrogen-bond donors (Lipinski definition) is 1. The first-order valence-electron chi connectivity index (χ1n) is 6.99. The average molecular weight is 226 g/mol. The molecule has 1 aliphatic carbocycles. The lowest BCUT2D eigenvalue weighted by Gasteiger charge is -2.31. The molecule has 1 N–H and O–H groups in total. The fourth-order valence-electron chi connectivity index (χ4n) is 2.49. The third kappa shape index (κ3) is 5.31. The smallest absolute Gasteiger partial charge is 0.0112 e. The van der Waals surface area contributed by atoms with Crippen molar-refractivity contribution in [1.29, 1.82) is 0 Å². The van der Waals surface area contributed by atoms with Crippen LogP contribution in [0.1, 0.15) is 53.9 Å². The zero-order valence-electron chi connectivity index (χ0n) is 11.8. The summed E-state index contributed by atoms with van der Waals surface area (Å²) in [5, 5.41) is 3.65. The Bertz CT molecular complexity index is 177. The Kier molecular flexibility index (Phi) is 5.77. The van der Waals surface area contributed by atoms with Gasteiger partial charge in [-0.15, -0.1) is 0 Å². The van der Waals surface area contributed by atoms with Crippen molar-refractivity contribution in [3.05, 3.63) is 0 Å². The van der Waals surface area contributed by atoms with Crippen molar-refractivity contribution in [1.82, 2.24) is 10.2 Å². The Balaban J connectivity index is 2.11. The SMILES string of the molecule is CC(CC1CC1)NCCN(C(C)C)C(C)C. The molecule has 1 fully saturated rings. The van der Waals surface area contributed by atoms with Crippen LogP contribution in [-0.4, -0.2) is 36.1 Å². The summed E-state index contributed by atoms with van der Waals surface area (Å²) in [6, 6.07) is 2.01. The largest absolute Gasteiger partial charge is 0.313 e. The fraction of sp³-hybridized carbons (Fsp3) is 1.00. The van der Waals surface area contributed by atoms with Crippen LogP contribution in [0.2, 0.25) is 0 Å². The molecule has 1 unspecified atom stereocenters. The van der Waals surface area contributed by atoms with Crippen molar-refractivity contribution in [2.24, 2.45) is 5.92 Å². The normalized spacial score (nSPS) is 18.8. The van der Waals surface area contributed by atoms with Crippen LogP contribution in [0, 0.1) is 5.92 Å². The average Bonchev–Trinajstić information content (AvgIpc) is 2.94. The maximum absolute atomic E-state index is 3.65. The van der Waals surface area contributed by atoms with Gasteiger partial charge in [0, 0.05) is 31.2 Å². The summed E-state index contributed by atoms with van der Waals surface area (Å²) in [5.74, 6) is 1.04. The molecule has 0 heterocycles. The van der Waals surface area contributed by atoms with E-state index in [4.69, 9.17) is 0 Å². The van der Waals surface area contributed by atoms with Gasteiger partial charge in [-0.2, -0.15) is 0 Å². The molecule has 0 saturated heterocycles. The highest BCUT2D eigenvalue weighted by Crippen LogP contribution is 2.33. The molecule has 1 rings (SSSR count). The third-order valence-corrected chi connectivity index (χ3v) is 3.57. The van der Waals surface area contributed by atoms with Crippen molar-refractivity contribution in [3.8, 4) is 0 Å². The molecule has 1 aliphatic rings. The lowest BCUT2D eigenvalue weighted by molar-refractivity contribution is 0.174. The number of rotatable bonds is 8. The van der Waals surface area contributed by atoms with Crippen LogP contribution in [0.15, 0.2) is 0 Å². The van der Waals surface area contributed by atoms with Crippen molar-refractivity contribution in [3.63, 3.8) is 0 Å². The molecule has 0 amide bonds. The Labute approximate surface area is 102 Å². The number of hydrogen-bond acceptors (Lipinski definition) is 2. The molecule has 1 saturated carbocycles. The van der Waals surface area contributed by atoms with Gasteiger partial charge in [0.05, 0.1) is 0 Å². The molecule has 0 aliphatic heterocycles. The van der Waals surface area contributed by atoms with Gasteiger partial charge in [0.15, 0.2) is 0 Å². The van der Waals surface area contributed by atoms with Crippen LogP contribution in [-0.2, 0) is 0 Å². The molecule has 0 aromatic carbocycles. The van der Waals surface area contributed by atoms with Crippen molar-refractivity contribution in [2.45, 2.75) is 72.0 Å². The summed E-state index contributed by atoms with van der Waals surface area (Å²) in [7, 11) is 0. The minimum absolute atomic E-state index is 0.653. The molecular weight excluding hydrogens is 196 g/mol. The lowest BCUT2D eigenvalue weighted by atomic mass is 10.1. The van der Waals surface area contributed by atoms with Crippen molar-refractivity contribution < 1.29 is 0 Å². The van der Waals surface area contributed by atoms with E-state index in [2.05, 4.69) is 44.8 Å². The predicted octanol–water partition coefficient (Wildman–Crippen LogP) is 2.88. The second-order valence-electron chi connectivity index (χ2n) is 5.96. The molecule has 0 aromatic rings. The Morgan fingerprint density at radius 3 is 2.06 bits per heavy atom. The first-order valence-corrected chi connectivity index (χ1v) is 6.99. The predicted molar refractivity (Wildman–Crippen MR) is 71.8 cm³/mol. The highest BCUT2D eigenvalue weighted by atomic mass is 15.2. The fourth-order valence-corrected chi connectivity index (χ4v) is 2.49. The van der Waals surface area contributed by atoms with Gasteiger partial charge >= 0.3 is 0 Å². The molecule has 96 valence electrons. The summed E-state index contributed by atoms with van der Waals surface area (Å²) in [5.41, 5.74) is 0. The monoisotopic (exact) mass is 226 g/mol. The van der Waals surface area contributed by atoms with Crippen LogP contribution >= 0.6 is 0 Å². The van der Waals surface area contributed by atoms with E-state index in [1.807, 2.05) is 0 Å². The van der Waals surface area contributed by atoms with Gasteiger partial charge in [0.1, 0.15) is 0 Å². The summed E-state index contributed by atoms with van der Waals surface area (Å²) in [6.07, 6.45) is 4.32. The summed E-state index contributed by atoms with van der Waals surface area (Å²) in [4.78, 5) is 2.55. The van der Waals surface area contributed by atoms with Crippen LogP contribution in [0.5, 0.6) is 0 Å². The first kappa shape index (κ1) is 14.0. The summed E-state index contributed by atoms with van der Waals surface area (Å²) >= 11 is 0. The standard InChI is InChI=1S/C14H30N2/c1-11(2)16(12(3)4)9-8-15-13(5)10-14-6-7-14/h11-15H,6-10H2,1-5H3. The maximum atomic E-state index is 3.65. The molecular formula is C14H30N2. The third-order valence-electron chi connectivity index (χ3n) is 3.57. The van der Waals surface area contributed by atoms with Gasteiger partial charge in [-0.1, -0.05) is 12.8 Å². The Morgan fingerprint density at radius 2 is 1.62 bits per heavy atom. The van der Waals surface area contributed by atoms with Gasteiger partial charge in [-0.05, 0) is 47.0 Å². The van der Waals surface area contributed by atoms with E-state index in [-0.39, 0.29) is 0 Å². The zero-order valence-corrected chi connectivity index (χ0v) is 11.8. The quantitative estimate of drug-likeness (QED) is 0.684. The molecule has 0 aromatic heterocycles. The minimum Gasteiger partial charge on any atom is -0.313 e. The molecule has 0 bridgehead atoms. The highest BCUT2D eigenvalue weighted by molar-refractivity contribution is 4.78. The molecule has 16 heavy (non-hydrogen) atoms. The van der Waals surface area contributed by atoms with Gasteiger partial charge in [0.25, 0.3) is 0 Å². The van der Waals surface area contributed by atoms with Crippen LogP contribution in [0.4, 0.5) is 0 Å². The van der Waals surface area contributed by atoms with E-state index in [0.717, 1.165) is 12.5 Å². The van der Waals surface area contributed by atoms with E-state index in [1.54, 1.807) is 0 Å². The highest BCUT2D eigenvalue weighted by Gasteiger charge is 2.23. The van der Waals surface area contributed by atoms with E-state index in [9.17, 15) is 0 Å². The van der Waals surface area contributed by atoms with Gasteiger partial charge in [0.2, 0.25) is 0 Å². The summed E-state index contributed by atoms with van der Waals surface area (Å²) in [6.45, 7) is 13.8. The Hall–Kier alpha value is -0.0800. The molecule has 0 radical (unpaired) electrons. The van der Waals surface area contributed by atoms with Crippen LogP contribution < -0.4 is 5.32 Å². The Morgan fingerprint density at radius 1 is 1.06 bits per heavy atom. The topological polar surface area (TPSA) is 15.3 Å². The van der Waals surface area contributed by atoms with Crippen LogP contribution in [0.3, 0.4) is 0 Å². The minimum atomic E-state index is 0.653. The maximum Gasteiger partial charge on any atom is 0.0112 e. The van der Waals surface area contributed by atoms with Gasteiger partial charge < -0.3 is 5.32 Å². The number of nitrogens with zero attached hydrogens (tertiary/aromatic N) is 1. The van der Waals surface area contributed by atoms with Crippen LogP contribution in [0.25, 0.3) is 0 Å². The molecule has 1 atom stereocenters. The molecule has 2 heteroatoms. The van der Waals surface area contributed by atoms with Gasteiger partial charge in [-0.3, -0.25) is 4.90 Å². The van der Waals surface area contributed by atoms with Crippen molar-refractivity contribution in [2.75, 3.05) is 13.1 Å². The second kappa shape index (κ2) is 6.61. The molecule has 0 spiro atoms. The first-order chi connectivity index (χ1) is 7.50. The zero-order chi connectivity index (χ0) is 12.1. The lowest BCUT2D eigenvalue weighted by Crippen LogP contribution is -2.43. The van der Waals surface area contributed by atoms with E-state index >= 15 is 0 Å². The van der Waals surface area contributed by atoms with E-state index in [0.29, 0.717) is 18.1 Å². The van der Waals surface area contributed by atoms with E-state index in [1.165, 1.54) is 25.8 Å². The van der Waals surface area contributed by atoms with Gasteiger partial charge in [-0.25, -0.2) is 0 Å². The van der Waals surface area contributed by atoms with Crippen molar-refractivity contribution >= 4 is 0 Å².